The first kappa shape index (κ1) is 18.3. The van der Waals surface area contributed by atoms with Crippen LogP contribution in [0.25, 0.3) is 0 Å². The van der Waals surface area contributed by atoms with Gasteiger partial charge in [0.05, 0.1) is 0 Å². The minimum absolute atomic E-state index is 0.0152. The summed E-state index contributed by atoms with van der Waals surface area (Å²) in [5, 5.41) is 2.86. The van der Waals surface area contributed by atoms with Crippen LogP contribution in [0, 0.1) is 0 Å². The molecule has 1 aliphatic rings. The average molecular weight is 354 g/mol. The molecular formula is C21H26N2O3. The number of carbonyl (C=O) groups excluding carboxylic acids is 1. The number of amides is 1. The fourth-order valence-corrected chi connectivity index (χ4v) is 2.90. The molecule has 0 aliphatic carbocycles. The number of nitrogens with zero attached hydrogens (tertiary/aromatic N) is 1. The Kier molecular flexibility index (Phi) is 6.50. The number of carbonyl (C=O) groups is 1. The van der Waals surface area contributed by atoms with E-state index in [9.17, 15) is 4.79 Å². The van der Waals surface area contributed by atoms with Gasteiger partial charge in [-0.05, 0) is 49.7 Å². The van der Waals surface area contributed by atoms with Gasteiger partial charge in [0.2, 0.25) is 0 Å². The number of hydrogen-bond donors (Lipinski definition) is 1. The number of likely N-dealkylation sites (tertiary alicyclic amines) is 1. The lowest BCUT2D eigenvalue weighted by atomic mass is 10.1. The van der Waals surface area contributed by atoms with E-state index in [0.29, 0.717) is 18.4 Å². The standard InChI is InChI=1S/C21H26N2O3/c1-23-13-11-20(12-14-23)26-19-9-7-17(8-10-19)15-22-21(24)16-25-18-5-3-2-4-6-18/h2-10,20H,11-16H2,1H3,(H,22,24). The first-order valence-corrected chi connectivity index (χ1v) is 9.08. The van der Waals surface area contributed by atoms with Crippen molar-refractivity contribution in [2.24, 2.45) is 0 Å². The molecule has 3 rings (SSSR count). The van der Waals surface area contributed by atoms with Crippen LogP contribution in [0.4, 0.5) is 0 Å². The van der Waals surface area contributed by atoms with E-state index in [1.165, 1.54) is 0 Å². The zero-order valence-electron chi connectivity index (χ0n) is 15.2. The third-order valence-electron chi connectivity index (χ3n) is 4.49. The average Bonchev–Trinajstić information content (AvgIpc) is 2.68. The summed E-state index contributed by atoms with van der Waals surface area (Å²) in [6.45, 7) is 2.66. The van der Waals surface area contributed by atoms with Crippen molar-refractivity contribution in [1.29, 1.82) is 0 Å². The van der Waals surface area contributed by atoms with Crippen molar-refractivity contribution < 1.29 is 14.3 Å². The van der Waals surface area contributed by atoms with E-state index < -0.39 is 0 Å². The summed E-state index contributed by atoms with van der Waals surface area (Å²) in [7, 11) is 2.14. The first-order valence-electron chi connectivity index (χ1n) is 9.08. The molecule has 26 heavy (non-hydrogen) atoms. The van der Waals surface area contributed by atoms with Gasteiger partial charge in [-0.3, -0.25) is 4.79 Å². The van der Waals surface area contributed by atoms with Gasteiger partial charge >= 0.3 is 0 Å². The summed E-state index contributed by atoms with van der Waals surface area (Å²) in [6, 6.07) is 17.2. The molecule has 0 spiro atoms. The van der Waals surface area contributed by atoms with Crippen LogP contribution < -0.4 is 14.8 Å². The molecule has 0 radical (unpaired) electrons. The van der Waals surface area contributed by atoms with Crippen LogP contribution in [-0.2, 0) is 11.3 Å². The maximum Gasteiger partial charge on any atom is 0.258 e. The van der Waals surface area contributed by atoms with Crippen LogP contribution >= 0.6 is 0 Å². The number of para-hydroxylation sites is 1. The van der Waals surface area contributed by atoms with Gasteiger partial charge in [-0.15, -0.1) is 0 Å². The Labute approximate surface area is 154 Å². The second-order valence-corrected chi connectivity index (χ2v) is 6.64. The molecule has 0 bridgehead atoms. The Hall–Kier alpha value is -2.53. The van der Waals surface area contributed by atoms with E-state index in [1.807, 2.05) is 54.6 Å². The highest BCUT2D eigenvalue weighted by atomic mass is 16.5. The lowest BCUT2D eigenvalue weighted by molar-refractivity contribution is -0.123. The summed E-state index contributed by atoms with van der Waals surface area (Å²) < 4.78 is 11.5. The van der Waals surface area contributed by atoms with Gasteiger partial charge in [-0.2, -0.15) is 0 Å². The van der Waals surface area contributed by atoms with Gasteiger partial charge in [0.15, 0.2) is 6.61 Å². The van der Waals surface area contributed by atoms with E-state index in [2.05, 4.69) is 17.3 Å². The Bertz CT molecular complexity index is 680. The summed E-state index contributed by atoms with van der Waals surface area (Å²) in [5.74, 6) is 1.45. The number of rotatable bonds is 7. The summed E-state index contributed by atoms with van der Waals surface area (Å²) in [6.07, 6.45) is 2.43. The molecule has 5 nitrogen and oxygen atoms in total. The van der Waals surface area contributed by atoms with Crippen molar-refractivity contribution in [3.05, 3.63) is 60.2 Å². The monoisotopic (exact) mass is 354 g/mol. The van der Waals surface area contributed by atoms with Gasteiger partial charge in [0.25, 0.3) is 5.91 Å². The smallest absolute Gasteiger partial charge is 0.258 e. The zero-order chi connectivity index (χ0) is 18.2. The molecule has 0 unspecified atom stereocenters. The molecule has 1 saturated heterocycles. The number of benzene rings is 2. The highest BCUT2D eigenvalue weighted by Gasteiger charge is 2.17. The van der Waals surface area contributed by atoms with Gasteiger partial charge in [-0.1, -0.05) is 30.3 Å². The quantitative estimate of drug-likeness (QED) is 0.831. The fourth-order valence-electron chi connectivity index (χ4n) is 2.90. The van der Waals surface area contributed by atoms with Crippen molar-refractivity contribution in [3.63, 3.8) is 0 Å². The molecule has 2 aromatic rings. The Morgan fingerprint density at radius 2 is 1.73 bits per heavy atom. The van der Waals surface area contributed by atoms with Crippen molar-refractivity contribution in [2.45, 2.75) is 25.5 Å². The molecule has 5 heteroatoms. The zero-order valence-corrected chi connectivity index (χ0v) is 15.2. The molecule has 1 aliphatic heterocycles. The van der Waals surface area contributed by atoms with Gasteiger partial charge in [0, 0.05) is 19.6 Å². The van der Waals surface area contributed by atoms with E-state index >= 15 is 0 Å². The number of hydrogen-bond acceptors (Lipinski definition) is 4. The minimum atomic E-state index is -0.138. The SMILES string of the molecule is CN1CCC(Oc2ccc(CNC(=O)COc3ccccc3)cc2)CC1. The number of ether oxygens (including phenoxy) is 2. The molecule has 1 heterocycles. The van der Waals surface area contributed by atoms with Gasteiger partial charge in [-0.25, -0.2) is 0 Å². The van der Waals surface area contributed by atoms with E-state index in [4.69, 9.17) is 9.47 Å². The predicted octanol–water partition coefficient (Wildman–Crippen LogP) is 2.85. The molecule has 1 amide bonds. The molecule has 1 N–H and O–H groups in total. The normalized spacial score (nSPS) is 15.4. The minimum Gasteiger partial charge on any atom is -0.490 e. The Morgan fingerprint density at radius 3 is 2.42 bits per heavy atom. The van der Waals surface area contributed by atoms with Crippen LogP contribution in [0.15, 0.2) is 54.6 Å². The van der Waals surface area contributed by atoms with Crippen LogP contribution in [-0.4, -0.2) is 43.7 Å². The van der Waals surface area contributed by atoms with Crippen molar-refractivity contribution in [3.8, 4) is 11.5 Å². The summed E-state index contributed by atoms with van der Waals surface area (Å²) in [4.78, 5) is 14.2. The second-order valence-electron chi connectivity index (χ2n) is 6.64. The predicted molar refractivity (Wildman–Crippen MR) is 101 cm³/mol. The molecular weight excluding hydrogens is 328 g/mol. The van der Waals surface area contributed by atoms with E-state index in [1.54, 1.807) is 0 Å². The van der Waals surface area contributed by atoms with Gasteiger partial charge in [0.1, 0.15) is 17.6 Å². The maximum atomic E-state index is 11.9. The van der Waals surface area contributed by atoms with Crippen LogP contribution in [0.5, 0.6) is 11.5 Å². The molecule has 1 fully saturated rings. The number of nitrogens with one attached hydrogen (secondary N) is 1. The number of piperidine rings is 1. The van der Waals surface area contributed by atoms with E-state index in [0.717, 1.165) is 37.2 Å². The highest BCUT2D eigenvalue weighted by Crippen LogP contribution is 2.19. The molecule has 2 aromatic carbocycles. The summed E-state index contributed by atoms with van der Waals surface area (Å²) >= 11 is 0. The van der Waals surface area contributed by atoms with Crippen molar-refractivity contribution in [1.82, 2.24) is 10.2 Å². The van der Waals surface area contributed by atoms with Crippen molar-refractivity contribution in [2.75, 3.05) is 26.7 Å². The second kappa shape index (κ2) is 9.25. The molecule has 0 aromatic heterocycles. The maximum absolute atomic E-state index is 11.9. The Balaban J connectivity index is 1.39. The molecule has 0 saturated carbocycles. The van der Waals surface area contributed by atoms with Gasteiger partial charge < -0.3 is 19.7 Å². The lowest BCUT2D eigenvalue weighted by Gasteiger charge is -2.29. The largest absolute Gasteiger partial charge is 0.490 e. The third kappa shape index (κ3) is 5.77. The Morgan fingerprint density at radius 1 is 1.04 bits per heavy atom. The fraction of sp³-hybridized carbons (Fsp3) is 0.381. The van der Waals surface area contributed by atoms with Crippen LogP contribution in [0.2, 0.25) is 0 Å². The third-order valence-corrected chi connectivity index (χ3v) is 4.49. The summed E-state index contributed by atoms with van der Waals surface area (Å²) in [5.41, 5.74) is 1.04. The lowest BCUT2D eigenvalue weighted by Crippen LogP contribution is -2.35. The first-order chi connectivity index (χ1) is 12.7. The topological polar surface area (TPSA) is 50.8 Å². The van der Waals surface area contributed by atoms with E-state index in [-0.39, 0.29) is 12.5 Å². The van der Waals surface area contributed by atoms with Crippen LogP contribution in [0.1, 0.15) is 18.4 Å². The van der Waals surface area contributed by atoms with Crippen LogP contribution in [0.3, 0.4) is 0 Å². The molecule has 0 atom stereocenters. The highest BCUT2D eigenvalue weighted by molar-refractivity contribution is 5.77. The van der Waals surface area contributed by atoms with Crippen molar-refractivity contribution >= 4 is 5.91 Å². The molecule has 138 valence electrons.